The van der Waals surface area contributed by atoms with E-state index >= 15 is 0 Å². The summed E-state index contributed by atoms with van der Waals surface area (Å²) in [6, 6.07) is 3.78. The molecule has 0 atom stereocenters. The molecule has 0 aliphatic heterocycles. The van der Waals surface area contributed by atoms with Crippen molar-refractivity contribution >= 4 is 5.91 Å². The Kier molecular flexibility index (Phi) is 4.74. The molecule has 0 fully saturated rings. The Labute approximate surface area is 144 Å². The molecule has 3 rings (SSSR count). The topological polar surface area (TPSA) is 90.0 Å². The normalized spacial score (nSPS) is 10.6. The molecule has 0 saturated carbocycles. The molecule has 7 nitrogen and oxygen atoms in total. The molecule has 0 unspecified atom stereocenters. The molecular formula is C18H18N4O3. The quantitative estimate of drug-likeness (QED) is 0.766. The van der Waals surface area contributed by atoms with E-state index in [9.17, 15) is 9.59 Å². The number of hydrogen-bond donors (Lipinski definition) is 1. The molecule has 0 aromatic carbocycles. The number of nitrogens with one attached hydrogen (secondary N) is 1. The monoisotopic (exact) mass is 338 g/mol. The second kappa shape index (κ2) is 7.12. The molecule has 0 spiro atoms. The van der Waals surface area contributed by atoms with Crippen LogP contribution in [0.2, 0.25) is 0 Å². The lowest BCUT2D eigenvalue weighted by Gasteiger charge is -2.09. The summed E-state index contributed by atoms with van der Waals surface area (Å²) < 4.78 is 6.37. The lowest BCUT2D eigenvalue weighted by molar-refractivity contribution is -0.121. The van der Waals surface area contributed by atoms with Gasteiger partial charge in [-0.15, -0.1) is 0 Å². The Balaban J connectivity index is 1.64. The fourth-order valence-corrected chi connectivity index (χ4v) is 2.37. The van der Waals surface area contributed by atoms with E-state index in [1.165, 1.54) is 10.9 Å². The number of amides is 1. The average Bonchev–Trinajstić information content (AvgIpc) is 3.15. The number of rotatable bonds is 5. The highest BCUT2D eigenvalue weighted by Crippen LogP contribution is 2.19. The first-order valence-corrected chi connectivity index (χ1v) is 7.80. The minimum absolute atomic E-state index is 0.0677. The standard InChI is InChI=1S/C18H18N4O3/c1-12-13(2)21-11-22(18(12)24)9-17(23)20-7-14-5-16(8-19-6-14)15-3-4-25-10-15/h3-6,8,10-11H,7,9H2,1-2H3,(H,20,23). The van der Waals surface area contributed by atoms with Gasteiger partial charge >= 0.3 is 0 Å². The predicted molar refractivity (Wildman–Crippen MR) is 91.8 cm³/mol. The summed E-state index contributed by atoms with van der Waals surface area (Å²) in [5.74, 6) is -0.263. The number of nitrogens with zero attached hydrogens (tertiary/aromatic N) is 3. The van der Waals surface area contributed by atoms with Gasteiger partial charge in [-0.2, -0.15) is 0 Å². The van der Waals surface area contributed by atoms with Gasteiger partial charge in [-0.25, -0.2) is 4.98 Å². The van der Waals surface area contributed by atoms with Crippen LogP contribution >= 0.6 is 0 Å². The van der Waals surface area contributed by atoms with Crippen molar-refractivity contribution in [2.24, 2.45) is 0 Å². The summed E-state index contributed by atoms with van der Waals surface area (Å²) in [7, 11) is 0. The van der Waals surface area contributed by atoms with Crippen molar-refractivity contribution in [1.29, 1.82) is 0 Å². The largest absolute Gasteiger partial charge is 0.472 e. The molecule has 0 radical (unpaired) electrons. The van der Waals surface area contributed by atoms with Crippen molar-refractivity contribution < 1.29 is 9.21 Å². The van der Waals surface area contributed by atoms with Gasteiger partial charge < -0.3 is 9.73 Å². The number of carbonyl (C=O) groups excluding carboxylic acids is 1. The van der Waals surface area contributed by atoms with E-state index in [-0.39, 0.29) is 18.0 Å². The summed E-state index contributed by atoms with van der Waals surface area (Å²) in [5.41, 5.74) is 3.71. The SMILES string of the molecule is Cc1ncn(CC(=O)NCc2cncc(-c3ccoc3)c2)c(=O)c1C. The smallest absolute Gasteiger partial charge is 0.256 e. The van der Waals surface area contributed by atoms with Crippen LogP contribution in [-0.4, -0.2) is 20.4 Å². The fraction of sp³-hybridized carbons (Fsp3) is 0.222. The summed E-state index contributed by atoms with van der Waals surface area (Å²) in [6.07, 6.45) is 8.05. The Morgan fingerprint density at radius 2 is 2.12 bits per heavy atom. The Morgan fingerprint density at radius 1 is 1.28 bits per heavy atom. The van der Waals surface area contributed by atoms with Crippen LogP contribution in [0.4, 0.5) is 0 Å². The minimum atomic E-state index is -0.263. The number of aryl methyl sites for hydroxylation is 1. The number of carbonyl (C=O) groups is 1. The minimum Gasteiger partial charge on any atom is -0.472 e. The van der Waals surface area contributed by atoms with Gasteiger partial charge in [0.1, 0.15) is 6.54 Å². The first kappa shape index (κ1) is 16.6. The van der Waals surface area contributed by atoms with Crippen molar-refractivity contribution in [2.75, 3.05) is 0 Å². The average molecular weight is 338 g/mol. The first-order chi connectivity index (χ1) is 12.0. The third-order valence-corrected chi connectivity index (χ3v) is 3.97. The van der Waals surface area contributed by atoms with E-state index in [4.69, 9.17) is 4.42 Å². The molecule has 0 aliphatic carbocycles. The highest BCUT2D eigenvalue weighted by molar-refractivity contribution is 5.75. The van der Waals surface area contributed by atoms with Gasteiger partial charge in [-0.05, 0) is 31.5 Å². The predicted octanol–water partition coefficient (Wildman–Crippen LogP) is 1.83. The van der Waals surface area contributed by atoms with E-state index in [1.54, 1.807) is 38.8 Å². The van der Waals surface area contributed by atoms with Crippen molar-refractivity contribution in [3.8, 4) is 11.1 Å². The number of hydrogen-bond acceptors (Lipinski definition) is 5. The Bertz CT molecular complexity index is 945. The summed E-state index contributed by atoms with van der Waals surface area (Å²) >= 11 is 0. The number of furan rings is 1. The molecule has 0 bridgehead atoms. The third kappa shape index (κ3) is 3.82. The van der Waals surface area contributed by atoms with Gasteiger partial charge in [0.2, 0.25) is 5.91 Å². The lowest BCUT2D eigenvalue weighted by Crippen LogP contribution is -2.33. The number of pyridine rings is 1. The van der Waals surface area contributed by atoms with Gasteiger partial charge in [0, 0.05) is 41.3 Å². The molecule has 25 heavy (non-hydrogen) atoms. The molecule has 128 valence electrons. The van der Waals surface area contributed by atoms with Crippen LogP contribution < -0.4 is 10.9 Å². The van der Waals surface area contributed by atoms with Crippen LogP contribution in [0.1, 0.15) is 16.8 Å². The van der Waals surface area contributed by atoms with E-state index in [0.717, 1.165) is 16.7 Å². The highest BCUT2D eigenvalue weighted by Gasteiger charge is 2.09. The molecule has 3 aromatic rings. The zero-order chi connectivity index (χ0) is 17.8. The Morgan fingerprint density at radius 3 is 2.88 bits per heavy atom. The fourth-order valence-electron chi connectivity index (χ4n) is 2.37. The molecule has 1 amide bonds. The number of aromatic nitrogens is 3. The molecule has 3 heterocycles. The Hall–Kier alpha value is -3.22. The van der Waals surface area contributed by atoms with Gasteiger partial charge in [0.25, 0.3) is 5.56 Å². The maximum absolute atomic E-state index is 12.1. The lowest BCUT2D eigenvalue weighted by atomic mass is 10.1. The van der Waals surface area contributed by atoms with Crippen LogP contribution in [-0.2, 0) is 17.9 Å². The second-order valence-electron chi connectivity index (χ2n) is 5.76. The van der Waals surface area contributed by atoms with Crippen LogP contribution in [0.15, 0.2) is 52.6 Å². The zero-order valence-electron chi connectivity index (χ0n) is 14.0. The van der Waals surface area contributed by atoms with Crippen LogP contribution in [0.25, 0.3) is 11.1 Å². The molecular weight excluding hydrogens is 320 g/mol. The maximum Gasteiger partial charge on any atom is 0.256 e. The van der Waals surface area contributed by atoms with E-state index in [2.05, 4.69) is 15.3 Å². The van der Waals surface area contributed by atoms with E-state index < -0.39 is 0 Å². The van der Waals surface area contributed by atoms with Crippen molar-refractivity contribution in [3.05, 3.63) is 70.6 Å². The van der Waals surface area contributed by atoms with Gasteiger partial charge in [-0.1, -0.05) is 0 Å². The van der Waals surface area contributed by atoms with Gasteiger partial charge in [-0.3, -0.25) is 19.1 Å². The summed E-state index contributed by atoms with van der Waals surface area (Å²) in [4.78, 5) is 32.5. The van der Waals surface area contributed by atoms with Crippen molar-refractivity contribution in [1.82, 2.24) is 19.9 Å². The molecule has 3 aromatic heterocycles. The summed E-state index contributed by atoms with van der Waals surface area (Å²) in [5, 5.41) is 2.79. The molecule has 0 aliphatic rings. The van der Waals surface area contributed by atoms with Crippen LogP contribution in [0.5, 0.6) is 0 Å². The molecule has 1 N–H and O–H groups in total. The highest BCUT2D eigenvalue weighted by atomic mass is 16.3. The van der Waals surface area contributed by atoms with Crippen LogP contribution in [0, 0.1) is 13.8 Å². The third-order valence-electron chi connectivity index (χ3n) is 3.97. The van der Waals surface area contributed by atoms with Gasteiger partial charge in [0.15, 0.2) is 0 Å². The zero-order valence-corrected chi connectivity index (χ0v) is 14.0. The van der Waals surface area contributed by atoms with E-state index in [0.29, 0.717) is 17.8 Å². The van der Waals surface area contributed by atoms with Gasteiger partial charge in [0.05, 0.1) is 18.9 Å². The van der Waals surface area contributed by atoms with E-state index in [1.807, 2.05) is 12.1 Å². The maximum atomic E-state index is 12.1. The second-order valence-corrected chi connectivity index (χ2v) is 5.76. The molecule has 0 saturated heterocycles. The first-order valence-electron chi connectivity index (χ1n) is 7.80. The molecule has 7 heteroatoms. The van der Waals surface area contributed by atoms with Crippen molar-refractivity contribution in [3.63, 3.8) is 0 Å². The van der Waals surface area contributed by atoms with Crippen molar-refractivity contribution in [2.45, 2.75) is 26.9 Å². The van der Waals surface area contributed by atoms with Crippen LogP contribution in [0.3, 0.4) is 0 Å². The summed E-state index contributed by atoms with van der Waals surface area (Å²) in [6.45, 7) is 3.72.